The van der Waals surface area contributed by atoms with Crippen LogP contribution in [-0.4, -0.2) is 80.4 Å². The number of carbonyl (C=O) groups excluding carboxylic acids is 2. The van der Waals surface area contributed by atoms with Crippen LogP contribution in [0.5, 0.6) is 0 Å². The second kappa shape index (κ2) is 8.57. The second-order valence-corrected chi connectivity index (χ2v) is 9.73. The highest BCUT2D eigenvalue weighted by Crippen LogP contribution is 2.27. The molecule has 0 radical (unpaired) electrons. The normalized spacial score (nSPS) is 19.9. The summed E-state index contributed by atoms with van der Waals surface area (Å²) in [7, 11) is -3.45. The quantitative estimate of drug-likeness (QED) is 0.743. The number of ether oxygens (including phenoxy) is 1. The van der Waals surface area contributed by atoms with E-state index >= 15 is 0 Å². The molecule has 3 rings (SSSR count). The minimum absolute atomic E-state index is 0.0617. The van der Waals surface area contributed by atoms with Gasteiger partial charge in [-0.1, -0.05) is 6.07 Å². The van der Waals surface area contributed by atoms with Gasteiger partial charge < -0.3 is 14.5 Å². The summed E-state index contributed by atoms with van der Waals surface area (Å²) in [5.41, 5.74) is 0. The van der Waals surface area contributed by atoms with E-state index in [1.165, 1.54) is 15.6 Å². The molecule has 3 heterocycles. The van der Waals surface area contributed by atoms with Crippen molar-refractivity contribution in [3.8, 4) is 0 Å². The first-order chi connectivity index (χ1) is 12.9. The lowest BCUT2D eigenvalue weighted by molar-refractivity contribution is -0.138. The van der Waals surface area contributed by atoms with Crippen LogP contribution in [0.25, 0.3) is 0 Å². The number of hydrogen-bond acceptors (Lipinski definition) is 6. The second-order valence-electron chi connectivity index (χ2n) is 6.62. The van der Waals surface area contributed by atoms with Crippen LogP contribution in [0.4, 0.5) is 4.79 Å². The van der Waals surface area contributed by atoms with Crippen LogP contribution in [0.3, 0.4) is 0 Å². The molecule has 10 heteroatoms. The molecule has 0 bridgehead atoms. The number of hydrogen-bond donors (Lipinski definition) is 0. The van der Waals surface area contributed by atoms with Gasteiger partial charge in [0.05, 0.1) is 6.61 Å². The van der Waals surface area contributed by atoms with Crippen molar-refractivity contribution >= 4 is 33.4 Å². The van der Waals surface area contributed by atoms with Crippen molar-refractivity contribution in [2.45, 2.75) is 24.0 Å². The van der Waals surface area contributed by atoms with E-state index in [9.17, 15) is 18.0 Å². The first-order valence-electron chi connectivity index (χ1n) is 9.17. The number of piperazine rings is 1. The van der Waals surface area contributed by atoms with Crippen molar-refractivity contribution in [1.82, 2.24) is 14.1 Å². The van der Waals surface area contributed by atoms with Gasteiger partial charge in [-0.15, -0.1) is 11.3 Å². The van der Waals surface area contributed by atoms with E-state index < -0.39 is 10.0 Å². The van der Waals surface area contributed by atoms with E-state index in [0.717, 1.165) is 0 Å². The van der Waals surface area contributed by atoms with E-state index in [-0.39, 0.29) is 17.9 Å². The molecule has 2 aliphatic rings. The molecule has 2 fully saturated rings. The van der Waals surface area contributed by atoms with E-state index in [1.54, 1.807) is 34.2 Å². The summed E-state index contributed by atoms with van der Waals surface area (Å²) >= 11 is 1.21. The highest BCUT2D eigenvalue weighted by atomic mass is 32.2. The third-order valence-electron chi connectivity index (χ3n) is 5.01. The zero-order chi connectivity index (χ0) is 19.4. The van der Waals surface area contributed by atoms with Crippen molar-refractivity contribution in [3.05, 3.63) is 17.5 Å². The van der Waals surface area contributed by atoms with Crippen LogP contribution in [0, 0.1) is 5.92 Å². The molecule has 1 aromatic heterocycles. The molecule has 0 atom stereocenters. The highest BCUT2D eigenvalue weighted by Gasteiger charge is 2.35. The fraction of sp³-hybridized carbons (Fsp3) is 0.647. The van der Waals surface area contributed by atoms with E-state index in [1.807, 2.05) is 0 Å². The Morgan fingerprint density at radius 2 is 1.74 bits per heavy atom. The third kappa shape index (κ3) is 4.44. The predicted octanol–water partition coefficient (Wildman–Crippen LogP) is 1.45. The van der Waals surface area contributed by atoms with Gasteiger partial charge in [0.15, 0.2) is 0 Å². The lowest BCUT2D eigenvalue weighted by Gasteiger charge is -2.37. The molecule has 0 spiro atoms. The van der Waals surface area contributed by atoms with E-state index in [0.29, 0.717) is 62.9 Å². The Labute approximate surface area is 163 Å². The van der Waals surface area contributed by atoms with Crippen molar-refractivity contribution in [1.29, 1.82) is 0 Å². The molecule has 0 unspecified atom stereocenters. The molecule has 0 aromatic carbocycles. The Kier molecular flexibility index (Phi) is 6.38. The van der Waals surface area contributed by atoms with Gasteiger partial charge in [-0.25, -0.2) is 13.2 Å². The standard InChI is InChI=1S/C17H25N3O5S2/c1-2-25-17(22)19-11-9-18(10-12-19)16(21)14-5-7-20(8-6-14)27(23,24)15-4-3-13-26-15/h3-4,13-14H,2,5-12H2,1H3. The topological polar surface area (TPSA) is 87.2 Å². The molecule has 2 aliphatic heterocycles. The van der Waals surface area contributed by atoms with Gasteiger partial charge in [-0.2, -0.15) is 4.31 Å². The Morgan fingerprint density at radius 1 is 1.11 bits per heavy atom. The van der Waals surface area contributed by atoms with Crippen molar-refractivity contribution in [2.24, 2.45) is 5.92 Å². The molecule has 27 heavy (non-hydrogen) atoms. The highest BCUT2D eigenvalue weighted by molar-refractivity contribution is 7.91. The lowest BCUT2D eigenvalue weighted by Crippen LogP contribution is -2.53. The van der Waals surface area contributed by atoms with Gasteiger partial charge in [0.2, 0.25) is 5.91 Å². The summed E-state index contributed by atoms with van der Waals surface area (Å²) in [6.07, 6.45) is 0.722. The number of piperidine rings is 1. The van der Waals surface area contributed by atoms with Crippen LogP contribution in [0.2, 0.25) is 0 Å². The Hall–Kier alpha value is -1.65. The maximum Gasteiger partial charge on any atom is 0.409 e. The average molecular weight is 416 g/mol. The summed E-state index contributed by atoms with van der Waals surface area (Å²) in [4.78, 5) is 27.9. The zero-order valence-electron chi connectivity index (χ0n) is 15.4. The first kappa shape index (κ1) is 20.1. The molecule has 0 N–H and O–H groups in total. The van der Waals surface area contributed by atoms with Gasteiger partial charge in [-0.3, -0.25) is 4.79 Å². The molecule has 1 aromatic rings. The number of amides is 2. The molecule has 2 saturated heterocycles. The Morgan fingerprint density at radius 3 is 2.30 bits per heavy atom. The molecular weight excluding hydrogens is 390 g/mol. The molecule has 0 saturated carbocycles. The number of carbonyl (C=O) groups is 2. The van der Waals surface area contributed by atoms with Gasteiger partial charge in [0.1, 0.15) is 4.21 Å². The number of rotatable bonds is 4. The summed E-state index contributed by atoms with van der Waals surface area (Å²) in [5.74, 6) is -0.0967. The smallest absolute Gasteiger partial charge is 0.409 e. The maximum atomic E-state index is 12.8. The zero-order valence-corrected chi connectivity index (χ0v) is 17.0. The maximum absolute atomic E-state index is 12.8. The number of thiophene rings is 1. The van der Waals surface area contributed by atoms with E-state index in [2.05, 4.69) is 0 Å². The van der Waals surface area contributed by atoms with Crippen LogP contribution >= 0.6 is 11.3 Å². The molecule has 150 valence electrons. The largest absolute Gasteiger partial charge is 0.450 e. The molecule has 0 aliphatic carbocycles. The van der Waals surface area contributed by atoms with Crippen molar-refractivity contribution < 1.29 is 22.7 Å². The Balaban J connectivity index is 1.50. The first-order valence-corrected chi connectivity index (χ1v) is 11.5. The van der Waals surface area contributed by atoms with Gasteiger partial charge in [0, 0.05) is 45.2 Å². The van der Waals surface area contributed by atoms with Gasteiger partial charge >= 0.3 is 6.09 Å². The fourth-order valence-corrected chi connectivity index (χ4v) is 6.08. The molecule has 2 amide bonds. The predicted molar refractivity (Wildman–Crippen MR) is 101 cm³/mol. The van der Waals surface area contributed by atoms with Gasteiger partial charge in [-0.05, 0) is 31.2 Å². The fourth-order valence-electron chi connectivity index (χ4n) is 3.46. The van der Waals surface area contributed by atoms with E-state index in [4.69, 9.17) is 4.74 Å². The van der Waals surface area contributed by atoms with Crippen molar-refractivity contribution in [2.75, 3.05) is 45.9 Å². The minimum Gasteiger partial charge on any atom is -0.450 e. The molecule has 8 nitrogen and oxygen atoms in total. The lowest BCUT2D eigenvalue weighted by atomic mass is 9.96. The summed E-state index contributed by atoms with van der Waals surface area (Å²) in [5, 5.41) is 1.75. The molecular formula is C17H25N3O5S2. The summed E-state index contributed by atoms with van der Waals surface area (Å²) in [6.45, 7) is 4.75. The summed E-state index contributed by atoms with van der Waals surface area (Å²) < 4.78 is 32.0. The monoisotopic (exact) mass is 415 g/mol. The van der Waals surface area contributed by atoms with Crippen LogP contribution in [-0.2, 0) is 19.6 Å². The van der Waals surface area contributed by atoms with Gasteiger partial charge in [0.25, 0.3) is 10.0 Å². The van der Waals surface area contributed by atoms with Crippen LogP contribution in [0.1, 0.15) is 19.8 Å². The summed E-state index contributed by atoms with van der Waals surface area (Å²) in [6, 6.07) is 3.34. The van der Waals surface area contributed by atoms with Crippen LogP contribution < -0.4 is 0 Å². The Bertz CT molecular complexity index is 750. The SMILES string of the molecule is CCOC(=O)N1CCN(C(=O)C2CCN(S(=O)(=O)c3cccs3)CC2)CC1. The van der Waals surface area contributed by atoms with Crippen molar-refractivity contribution in [3.63, 3.8) is 0 Å². The third-order valence-corrected chi connectivity index (χ3v) is 8.28. The van der Waals surface area contributed by atoms with Crippen LogP contribution in [0.15, 0.2) is 21.7 Å². The average Bonchev–Trinajstić information content (AvgIpc) is 3.23. The number of nitrogens with zero attached hydrogens (tertiary/aromatic N) is 3. The number of sulfonamides is 1. The minimum atomic E-state index is -3.45.